The molecule has 0 unspecified atom stereocenters. The van der Waals surface area contributed by atoms with E-state index >= 15 is 0 Å². The van der Waals surface area contributed by atoms with Crippen LogP contribution < -0.4 is 16.4 Å². The van der Waals surface area contributed by atoms with Gasteiger partial charge in [-0.2, -0.15) is 0 Å². The van der Waals surface area contributed by atoms with Crippen LogP contribution in [0.1, 0.15) is 38.2 Å². The van der Waals surface area contributed by atoms with Gasteiger partial charge in [-0.05, 0) is 42.4 Å². The Hall–Kier alpha value is -2.04. The summed E-state index contributed by atoms with van der Waals surface area (Å²) in [5, 5.41) is 5.88. The summed E-state index contributed by atoms with van der Waals surface area (Å²) < 4.78 is 0. The number of hydrogen-bond donors (Lipinski definition) is 3. The van der Waals surface area contributed by atoms with Gasteiger partial charge in [0.05, 0.1) is 0 Å². The molecule has 4 N–H and O–H groups in total. The first-order chi connectivity index (χ1) is 10.0. The highest BCUT2D eigenvalue weighted by Crippen LogP contribution is 2.27. The monoisotopic (exact) mass is 288 g/mol. The van der Waals surface area contributed by atoms with E-state index in [1.807, 2.05) is 18.2 Å². The Balaban J connectivity index is 1.81. The van der Waals surface area contributed by atoms with Crippen molar-refractivity contribution in [2.45, 2.75) is 32.6 Å². The number of anilines is 1. The molecular formula is C16H24N4O. The molecule has 0 aromatic heterocycles. The standard InChI is InChI=1S/C16H24N4O/c1-11(2)13-4-3-5-14(8-13)20-16(17)19-10-15(21)18-9-12-6-7-12/h3-5,8,11-12H,6-7,9-10H2,1-2H3,(H,18,21)(H3,17,19,20). The molecule has 5 heteroatoms. The second-order valence-corrected chi connectivity index (χ2v) is 5.85. The van der Waals surface area contributed by atoms with Crippen LogP contribution >= 0.6 is 0 Å². The second-order valence-electron chi connectivity index (χ2n) is 5.85. The number of nitrogens with one attached hydrogen (secondary N) is 2. The first kappa shape index (κ1) is 15.4. The number of nitrogens with zero attached hydrogens (tertiary/aromatic N) is 1. The van der Waals surface area contributed by atoms with Crippen molar-refractivity contribution in [3.05, 3.63) is 29.8 Å². The van der Waals surface area contributed by atoms with Gasteiger partial charge in [-0.25, -0.2) is 4.99 Å². The maximum atomic E-state index is 11.6. The third kappa shape index (κ3) is 5.45. The highest BCUT2D eigenvalue weighted by atomic mass is 16.1. The molecule has 0 heterocycles. The molecule has 5 nitrogen and oxygen atoms in total. The molecular weight excluding hydrogens is 264 g/mol. The number of rotatable bonds is 6. The van der Waals surface area contributed by atoms with Crippen LogP contribution in [0, 0.1) is 5.92 Å². The van der Waals surface area contributed by atoms with Gasteiger partial charge >= 0.3 is 0 Å². The zero-order valence-corrected chi connectivity index (χ0v) is 12.7. The molecule has 1 aliphatic rings. The summed E-state index contributed by atoms with van der Waals surface area (Å²) in [6, 6.07) is 8.03. The van der Waals surface area contributed by atoms with Crippen LogP contribution in [0.2, 0.25) is 0 Å². The van der Waals surface area contributed by atoms with Crippen molar-refractivity contribution < 1.29 is 4.79 Å². The predicted molar refractivity (Wildman–Crippen MR) is 86.4 cm³/mol. The molecule has 0 atom stereocenters. The lowest BCUT2D eigenvalue weighted by atomic mass is 10.0. The average molecular weight is 288 g/mol. The molecule has 1 aromatic rings. The van der Waals surface area contributed by atoms with Crippen LogP contribution in [-0.2, 0) is 4.79 Å². The third-order valence-corrected chi connectivity index (χ3v) is 3.50. The van der Waals surface area contributed by atoms with E-state index < -0.39 is 0 Å². The molecule has 1 amide bonds. The second kappa shape index (κ2) is 7.11. The van der Waals surface area contributed by atoms with Crippen LogP contribution in [-0.4, -0.2) is 25.0 Å². The molecule has 1 aromatic carbocycles. The Morgan fingerprint density at radius 1 is 1.43 bits per heavy atom. The molecule has 2 rings (SSSR count). The Morgan fingerprint density at radius 3 is 2.86 bits per heavy atom. The Kier molecular flexibility index (Phi) is 5.20. The maximum Gasteiger partial charge on any atom is 0.241 e. The minimum atomic E-state index is -0.0809. The largest absolute Gasteiger partial charge is 0.370 e. The van der Waals surface area contributed by atoms with Gasteiger partial charge in [0.2, 0.25) is 5.91 Å². The van der Waals surface area contributed by atoms with Gasteiger partial charge in [-0.15, -0.1) is 0 Å². The van der Waals surface area contributed by atoms with Gasteiger partial charge in [-0.3, -0.25) is 4.79 Å². The third-order valence-electron chi connectivity index (χ3n) is 3.50. The minimum Gasteiger partial charge on any atom is -0.370 e. The number of hydrogen-bond acceptors (Lipinski definition) is 2. The van der Waals surface area contributed by atoms with Gasteiger partial charge in [0.1, 0.15) is 6.54 Å². The van der Waals surface area contributed by atoms with Gasteiger partial charge in [0.25, 0.3) is 0 Å². The highest BCUT2D eigenvalue weighted by molar-refractivity contribution is 5.93. The van der Waals surface area contributed by atoms with Crippen molar-refractivity contribution >= 4 is 17.6 Å². The molecule has 0 spiro atoms. The SMILES string of the molecule is CC(C)c1cccc(NC(N)=NCC(=O)NCC2CC2)c1. The number of carbonyl (C=O) groups excluding carboxylic acids is 1. The van der Waals surface area contributed by atoms with Crippen LogP contribution in [0.3, 0.4) is 0 Å². The Bertz CT molecular complexity index is 521. The number of aliphatic imine (C=N–C) groups is 1. The van der Waals surface area contributed by atoms with Crippen molar-refractivity contribution in [2.24, 2.45) is 16.6 Å². The van der Waals surface area contributed by atoms with E-state index in [-0.39, 0.29) is 18.4 Å². The van der Waals surface area contributed by atoms with E-state index in [4.69, 9.17) is 5.73 Å². The summed E-state index contributed by atoms with van der Waals surface area (Å²) in [5.41, 5.74) is 7.93. The number of guanidine groups is 1. The van der Waals surface area contributed by atoms with Crippen molar-refractivity contribution in [2.75, 3.05) is 18.4 Å². The average Bonchev–Trinajstić information content (AvgIpc) is 3.27. The fourth-order valence-electron chi connectivity index (χ4n) is 1.96. The van der Waals surface area contributed by atoms with E-state index in [1.165, 1.54) is 18.4 Å². The maximum absolute atomic E-state index is 11.6. The zero-order valence-electron chi connectivity index (χ0n) is 12.7. The van der Waals surface area contributed by atoms with E-state index in [0.29, 0.717) is 11.8 Å². The van der Waals surface area contributed by atoms with Crippen molar-refractivity contribution in [3.63, 3.8) is 0 Å². The van der Waals surface area contributed by atoms with Crippen molar-refractivity contribution in [1.29, 1.82) is 0 Å². The fourth-order valence-corrected chi connectivity index (χ4v) is 1.96. The Labute approximate surface area is 126 Å². The van der Waals surface area contributed by atoms with Crippen LogP contribution in [0.5, 0.6) is 0 Å². The van der Waals surface area contributed by atoms with Gasteiger partial charge < -0.3 is 16.4 Å². The lowest BCUT2D eigenvalue weighted by Gasteiger charge is -2.10. The molecule has 0 saturated heterocycles. The molecule has 0 bridgehead atoms. The normalized spacial score (nSPS) is 15.1. The summed E-state index contributed by atoms with van der Waals surface area (Å²) in [7, 11) is 0. The number of carbonyl (C=O) groups is 1. The quantitative estimate of drug-likeness (QED) is 0.554. The highest BCUT2D eigenvalue weighted by Gasteiger charge is 2.21. The lowest BCUT2D eigenvalue weighted by Crippen LogP contribution is -2.30. The van der Waals surface area contributed by atoms with E-state index in [9.17, 15) is 4.79 Å². The summed E-state index contributed by atoms with van der Waals surface area (Å²) in [5.74, 6) is 1.31. The topological polar surface area (TPSA) is 79.5 Å². The van der Waals surface area contributed by atoms with E-state index in [1.54, 1.807) is 0 Å². The Morgan fingerprint density at radius 2 is 2.19 bits per heavy atom. The van der Waals surface area contributed by atoms with Crippen molar-refractivity contribution in [1.82, 2.24) is 5.32 Å². The number of nitrogens with two attached hydrogens (primary N) is 1. The molecule has 21 heavy (non-hydrogen) atoms. The predicted octanol–water partition coefficient (Wildman–Crippen LogP) is 2.06. The smallest absolute Gasteiger partial charge is 0.241 e. The summed E-state index contributed by atoms with van der Waals surface area (Å²) in [4.78, 5) is 15.6. The molecule has 0 radical (unpaired) electrons. The molecule has 0 aliphatic heterocycles. The van der Waals surface area contributed by atoms with E-state index in [0.717, 1.165) is 12.2 Å². The van der Waals surface area contributed by atoms with Gasteiger partial charge in [0, 0.05) is 12.2 Å². The molecule has 114 valence electrons. The molecule has 1 fully saturated rings. The van der Waals surface area contributed by atoms with Gasteiger partial charge in [-0.1, -0.05) is 26.0 Å². The lowest BCUT2D eigenvalue weighted by molar-refractivity contribution is -0.119. The minimum absolute atomic E-state index is 0.0649. The summed E-state index contributed by atoms with van der Waals surface area (Å²) >= 11 is 0. The first-order valence-corrected chi connectivity index (χ1v) is 7.48. The number of amides is 1. The van der Waals surface area contributed by atoms with Crippen LogP contribution in [0.15, 0.2) is 29.3 Å². The van der Waals surface area contributed by atoms with Gasteiger partial charge in [0.15, 0.2) is 5.96 Å². The summed E-state index contributed by atoms with van der Waals surface area (Å²) in [6.07, 6.45) is 2.44. The first-order valence-electron chi connectivity index (χ1n) is 7.48. The summed E-state index contributed by atoms with van der Waals surface area (Å²) in [6.45, 7) is 5.11. The van der Waals surface area contributed by atoms with Crippen LogP contribution in [0.4, 0.5) is 5.69 Å². The zero-order chi connectivity index (χ0) is 15.2. The van der Waals surface area contributed by atoms with Crippen molar-refractivity contribution in [3.8, 4) is 0 Å². The van der Waals surface area contributed by atoms with E-state index in [2.05, 4.69) is 35.5 Å². The molecule has 1 aliphatic carbocycles. The molecule has 1 saturated carbocycles. The number of benzene rings is 1. The fraction of sp³-hybridized carbons (Fsp3) is 0.500. The van der Waals surface area contributed by atoms with Crippen LogP contribution in [0.25, 0.3) is 0 Å².